The first kappa shape index (κ1) is 16.7. The Morgan fingerprint density at radius 1 is 1.04 bits per heavy atom. The molecule has 5 heteroatoms. The monoisotopic (exact) mass is 341 g/mol. The SMILES string of the molecule is CCOc1ccc(CN(C)Cn2c(=S)n(C)c3ccccc32)cc1. The van der Waals surface area contributed by atoms with Crippen LogP contribution in [0, 0.1) is 4.77 Å². The Labute approximate surface area is 147 Å². The van der Waals surface area contributed by atoms with Gasteiger partial charge in [0.2, 0.25) is 0 Å². The second-order valence-electron chi connectivity index (χ2n) is 5.99. The normalized spacial score (nSPS) is 11.3. The van der Waals surface area contributed by atoms with Gasteiger partial charge < -0.3 is 13.9 Å². The fourth-order valence-electron chi connectivity index (χ4n) is 2.96. The summed E-state index contributed by atoms with van der Waals surface area (Å²) in [6.45, 7) is 4.30. The molecular formula is C19H23N3OS. The van der Waals surface area contributed by atoms with Gasteiger partial charge in [-0.3, -0.25) is 4.90 Å². The highest BCUT2D eigenvalue weighted by atomic mass is 32.1. The number of fused-ring (bicyclic) bond motifs is 1. The second kappa shape index (κ2) is 7.20. The van der Waals surface area contributed by atoms with E-state index in [1.807, 2.05) is 32.2 Å². The van der Waals surface area contributed by atoms with Crippen molar-refractivity contribution < 1.29 is 4.74 Å². The molecule has 0 atom stereocenters. The van der Waals surface area contributed by atoms with Crippen LogP contribution in [-0.4, -0.2) is 27.7 Å². The number of para-hydroxylation sites is 2. The van der Waals surface area contributed by atoms with Crippen LogP contribution < -0.4 is 4.74 Å². The number of hydrogen-bond acceptors (Lipinski definition) is 3. The number of aromatic nitrogens is 2. The van der Waals surface area contributed by atoms with Crippen molar-refractivity contribution in [3.8, 4) is 5.75 Å². The largest absolute Gasteiger partial charge is 0.494 e. The van der Waals surface area contributed by atoms with Gasteiger partial charge in [-0.05, 0) is 56.0 Å². The van der Waals surface area contributed by atoms with Crippen molar-refractivity contribution in [1.82, 2.24) is 14.0 Å². The minimum absolute atomic E-state index is 0.693. The van der Waals surface area contributed by atoms with E-state index in [0.717, 1.165) is 29.3 Å². The fraction of sp³-hybridized carbons (Fsp3) is 0.316. The molecular weight excluding hydrogens is 318 g/mol. The van der Waals surface area contributed by atoms with Crippen LogP contribution in [0.5, 0.6) is 5.75 Å². The van der Waals surface area contributed by atoms with Gasteiger partial charge in [0.1, 0.15) is 5.75 Å². The molecule has 0 aliphatic heterocycles. The summed E-state index contributed by atoms with van der Waals surface area (Å²) in [7, 11) is 4.13. The quantitative estimate of drug-likeness (QED) is 0.628. The zero-order valence-electron chi connectivity index (χ0n) is 14.4. The number of imidazole rings is 1. The van der Waals surface area contributed by atoms with Gasteiger partial charge in [0.15, 0.2) is 4.77 Å². The van der Waals surface area contributed by atoms with Crippen LogP contribution >= 0.6 is 12.2 Å². The molecule has 0 saturated heterocycles. The molecule has 0 bridgehead atoms. The minimum Gasteiger partial charge on any atom is -0.494 e. The molecule has 1 heterocycles. The van der Waals surface area contributed by atoms with Crippen molar-refractivity contribution in [3.05, 3.63) is 58.9 Å². The summed E-state index contributed by atoms with van der Waals surface area (Å²) in [5.41, 5.74) is 3.59. The third-order valence-electron chi connectivity index (χ3n) is 4.12. The molecule has 1 aromatic heterocycles. The number of aryl methyl sites for hydroxylation is 1. The zero-order valence-corrected chi connectivity index (χ0v) is 15.2. The maximum Gasteiger partial charge on any atom is 0.181 e. The Hall–Kier alpha value is -2.11. The van der Waals surface area contributed by atoms with Gasteiger partial charge in [-0.25, -0.2) is 0 Å². The van der Waals surface area contributed by atoms with Crippen molar-refractivity contribution >= 4 is 23.3 Å². The third-order valence-corrected chi connectivity index (χ3v) is 4.62. The first-order valence-corrected chi connectivity index (χ1v) is 8.55. The predicted octanol–water partition coefficient (Wildman–Crippen LogP) is 4.20. The maximum atomic E-state index is 5.61. The Bertz CT molecular complexity index is 880. The number of rotatable bonds is 6. The molecule has 0 N–H and O–H groups in total. The first-order valence-electron chi connectivity index (χ1n) is 8.14. The molecule has 4 nitrogen and oxygen atoms in total. The second-order valence-corrected chi connectivity index (χ2v) is 6.36. The van der Waals surface area contributed by atoms with Crippen LogP contribution in [0.25, 0.3) is 11.0 Å². The van der Waals surface area contributed by atoms with Crippen LogP contribution in [0.1, 0.15) is 12.5 Å². The molecule has 0 fully saturated rings. The van der Waals surface area contributed by atoms with Gasteiger partial charge in [-0.15, -0.1) is 0 Å². The van der Waals surface area contributed by atoms with E-state index >= 15 is 0 Å². The molecule has 0 radical (unpaired) electrons. The van der Waals surface area contributed by atoms with Crippen molar-refractivity contribution in [2.45, 2.75) is 20.1 Å². The highest BCUT2D eigenvalue weighted by Gasteiger charge is 2.09. The Kier molecular flexibility index (Phi) is 5.02. The molecule has 0 aliphatic carbocycles. The number of hydrogen-bond donors (Lipinski definition) is 0. The van der Waals surface area contributed by atoms with Crippen molar-refractivity contribution in [2.24, 2.45) is 7.05 Å². The summed E-state index contributed by atoms with van der Waals surface area (Å²) in [5.74, 6) is 0.917. The fourth-order valence-corrected chi connectivity index (χ4v) is 3.22. The van der Waals surface area contributed by atoms with E-state index in [9.17, 15) is 0 Å². The summed E-state index contributed by atoms with van der Waals surface area (Å²) in [5, 5.41) is 0. The maximum absolute atomic E-state index is 5.61. The van der Waals surface area contributed by atoms with E-state index in [-0.39, 0.29) is 0 Å². The van der Waals surface area contributed by atoms with E-state index in [2.05, 4.69) is 51.4 Å². The van der Waals surface area contributed by atoms with Gasteiger partial charge >= 0.3 is 0 Å². The summed E-state index contributed by atoms with van der Waals surface area (Å²) in [6.07, 6.45) is 0. The van der Waals surface area contributed by atoms with Gasteiger partial charge in [0.05, 0.1) is 24.3 Å². The topological polar surface area (TPSA) is 22.3 Å². The van der Waals surface area contributed by atoms with Crippen molar-refractivity contribution in [3.63, 3.8) is 0 Å². The standard InChI is InChI=1S/C19H23N3OS/c1-4-23-16-11-9-15(10-12-16)13-20(2)14-22-18-8-6-5-7-17(18)21(3)19(22)24/h5-12H,4,13-14H2,1-3H3. The Morgan fingerprint density at radius 3 is 2.38 bits per heavy atom. The Morgan fingerprint density at radius 2 is 1.71 bits per heavy atom. The molecule has 0 unspecified atom stereocenters. The molecule has 0 aliphatic rings. The van der Waals surface area contributed by atoms with E-state index < -0.39 is 0 Å². The lowest BCUT2D eigenvalue weighted by molar-refractivity contribution is 0.262. The van der Waals surface area contributed by atoms with Gasteiger partial charge in [-0.2, -0.15) is 0 Å². The average molecular weight is 341 g/mol. The van der Waals surface area contributed by atoms with Crippen LogP contribution in [0.4, 0.5) is 0 Å². The van der Waals surface area contributed by atoms with Crippen LogP contribution in [0.3, 0.4) is 0 Å². The summed E-state index contributed by atoms with van der Waals surface area (Å²) in [4.78, 5) is 2.26. The third kappa shape index (κ3) is 3.37. The lowest BCUT2D eigenvalue weighted by atomic mass is 10.2. The van der Waals surface area contributed by atoms with Gasteiger partial charge in [-0.1, -0.05) is 24.3 Å². The lowest BCUT2D eigenvalue weighted by Gasteiger charge is -2.18. The molecule has 0 spiro atoms. The molecule has 2 aromatic carbocycles. The van der Waals surface area contributed by atoms with Crippen LogP contribution in [0.15, 0.2) is 48.5 Å². The molecule has 0 amide bonds. The van der Waals surface area contributed by atoms with Crippen LogP contribution in [-0.2, 0) is 20.3 Å². The minimum atomic E-state index is 0.693. The first-order chi connectivity index (χ1) is 11.6. The smallest absolute Gasteiger partial charge is 0.181 e. The lowest BCUT2D eigenvalue weighted by Crippen LogP contribution is -2.21. The summed E-state index contributed by atoms with van der Waals surface area (Å²) in [6, 6.07) is 16.6. The highest BCUT2D eigenvalue weighted by molar-refractivity contribution is 7.71. The van der Waals surface area contributed by atoms with Gasteiger partial charge in [0, 0.05) is 13.6 Å². The zero-order chi connectivity index (χ0) is 17.1. The average Bonchev–Trinajstić information content (AvgIpc) is 2.82. The van der Waals surface area contributed by atoms with E-state index in [4.69, 9.17) is 17.0 Å². The van der Waals surface area contributed by atoms with E-state index in [1.54, 1.807) is 0 Å². The number of ether oxygens (including phenoxy) is 1. The molecule has 126 valence electrons. The number of benzene rings is 2. The predicted molar refractivity (Wildman–Crippen MR) is 101 cm³/mol. The summed E-state index contributed by atoms with van der Waals surface area (Å²) < 4.78 is 10.6. The molecule has 0 saturated carbocycles. The van der Waals surface area contributed by atoms with Crippen molar-refractivity contribution in [1.29, 1.82) is 0 Å². The molecule has 24 heavy (non-hydrogen) atoms. The Balaban J connectivity index is 1.77. The van der Waals surface area contributed by atoms with Gasteiger partial charge in [0.25, 0.3) is 0 Å². The summed E-state index contributed by atoms with van der Waals surface area (Å²) >= 11 is 5.61. The van der Waals surface area contributed by atoms with Crippen LogP contribution in [0.2, 0.25) is 0 Å². The highest BCUT2D eigenvalue weighted by Crippen LogP contribution is 2.18. The molecule has 3 aromatic rings. The molecule has 3 rings (SSSR count). The van der Waals surface area contributed by atoms with E-state index in [1.165, 1.54) is 11.1 Å². The van der Waals surface area contributed by atoms with E-state index in [0.29, 0.717) is 6.61 Å². The van der Waals surface area contributed by atoms with Crippen molar-refractivity contribution in [2.75, 3.05) is 13.7 Å². The number of nitrogens with zero attached hydrogens (tertiary/aromatic N) is 3.